The van der Waals surface area contributed by atoms with Gasteiger partial charge in [-0.15, -0.1) is 22.7 Å². The molecule has 0 N–H and O–H groups in total. The summed E-state index contributed by atoms with van der Waals surface area (Å²) in [6.07, 6.45) is 0. The van der Waals surface area contributed by atoms with Crippen LogP contribution in [-0.2, 0) is 0 Å². The lowest BCUT2D eigenvalue weighted by Crippen LogP contribution is -2.10. The minimum atomic E-state index is 1.12. The summed E-state index contributed by atoms with van der Waals surface area (Å²) in [6.45, 7) is 0. The minimum Gasteiger partial charge on any atom is -0.309 e. The topological polar surface area (TPSA) is 8.17 Å². The zero-order valence-corrected chi connectivity index (χ0v) is 29.7. The highest BCUT2D eigenvalue weighted by atomic mass is 32.1. The van der Waals surface area contributed by atoms with Crippen LogP contribution in [0.25, 0.3) is 79.0 Å². The van der Waals surface area contributed by atoms with Gasteiger partial charge < -0.3 is 9.47 Å². The Bertz CT molecular complexity index is 3150. The van der Waals surface area contributed by atoms with E-state index in [9.17, 15) is 0 Å². The van der Waals surface area contributed by atoms with Gasteiger partial charge in [0.2, 0.25) is 0 Å². The van der Waals surface area contributed by atoms with Crippen LogP contribution in [-0.4, -0.2) is 4.57 Å². The van der Waals surface area contributed by atoms with Gasteiger partial charge in [-0.1, -0.05) is 109 Å². The average Bonchev–Trinajstić information content (AvgIpc) is 3.88. The predicted octanol–water partition coefficient (Wildman–Crippen LogP) is 14.7. The number of anilines is 3. The van der Waals surface area contributed by atoms with Crippen molar-refractivity contribution in [2.45, 2.75) is 0 Å². The Morgan fingerprint density at radius 2 is 1.00 bits per heavy atom. The molecular weight excluding hydrogens is 669 g/mol. The highest BCUT2D eigenvalue weighted by Crippen LogP contribution is 2.47. The Morgan fingerprint density at radius 1 is 0.365 bits per heavy atom. The zero-order chi connectivity index (χ0) is 34.2. The third-order valence-corrected chi connectivity index (χ3v) is 12.7. The van der Waals surface area contributed by atoms with Gasteiger partial charge >= 0.3 is 0 Å². The number of nitrogens with zero attached hydrogens (tertiary/aromatic N) is 2. The van der Waals surface area contributed by atoms with Gasteiger partial charge in [0.05, 0.1) is 21.4 Å². The van der Waals surface area contributed by atoms with E-state index in [1.165, 1.54) is 79.0 Å². The molecule has 11 aromatic rings. The van der Waals surface area contributed by atoms with Gasteiger partial charge in [-0.2, -0.15) is 0 Å². The van der Waals surface area contributed by atoms with E-state index in [-0.39, 0.29) is 0 Å². The molecule has 2 nitrogen and oxygen atoms in total. The third kappa shape index (κ3) is 4.55. The number of para-hydroxylation sites is 2. The second-order valence-corrected chi connectivity index (χ2v) is 15.5. The molecular formula is C48H30N2S2. The fourth-order valence-electron chi connectivity index (χ4n) is 8.02. The summed E-state index contributed by atoms with van der Waals surface area (Å²) in [5, 5.41) is 7.72. The van der Waals surface area contributed by atoms with Gasteiger partial charge in [0.15, 0.2) is 0 Å². The normalized spacial score (nSPS) is 11.8. The first kappa shape index (κ1) is 29.5. The van der Waals surface area contributed by atoms with E-state index in [0.717, 1.165) is 17.1 Å². The van der Waals surface area contributed by atoms with Crippen molar-refractivity contribution in [3.05, 3.63) is 182 Å². The maximum atomic E-state index is 2.46. The largest absolute Gasteiger partial charge is 0.309 e. The van der Waals surface area contributed by atoms with Crippen LogP contribution < -0.4 is 4.90 Å². The lowest BCUT2D eigenvalue weighted by molar-refractivity contribution is 1.18. The Hall–Kier alpha value is -6.20. The number of fused-ring (bicyclic) bond motifs is 9. The van der Waals surface area contributed by atoms with Crippen molar-refractivity contribution in [1.29, 1.82) is 0 Å². The van der Waals surface area contributed by atoms with Crippen LogP contribution in [0.15, 0.2) is 182 Å². The summed E-state index contributed by atoms with van der Waals surface area (Å²) in [4.78, 5) is 2.46. The Morgan fingerprint density at radius 3 is 1.87 bits per heavy atom. The lowest BCUT2D eigenvalue weighted by atomic mass is 10.0. The summed E-state index contributed by atoms with van der Waals surface area (Å²) in [5.74, 6) is 0. The van der Waals surface area contributed by atoms with Crippen molar-refractivity contribution in [2.75, 3.05) is 4.90 Å². The molecule has 3 heterocycles. The SMILES string of the molecule is c1ccc(-n2c3ccccc3c3ccc(N(c4cccc(-c5ccc6sc7ccccc7c6c5)c4)c4cccc5c4sc4ccccc45)cc32)cc1. The van der Waals surface area contributed by atoms with Gasteiger partial charge in [-0.25, -0.2) is 0 Å². The summed E-state index contributed by atoms with van der Waals surface area (Å²) in [5.41, 5.74) is 9.38. The van der Waals surface area contributed by atoms with Crippen molar-refractivity contribution in [1.82, 2.24) is 4.57 Å². The lowest BCUT2D eigenvalue weighted by Gasteiger charge is -2.27. The molecule has 11 rings (SSSR count). The van der Waals surface area contributed by atoms with Crippen LogP contribution >= 0.6 is 22.7 Å². The molecule has 0 aliphatic carbocycles. The molecule has 52 heavy (non-hydrogen) atoms. The molecule has 0 atom stereocenters. The maximum Gasteiger partial charge on any atom is 0.0640 e. The van der Waals surface area contributed by atoms with E-state index in [1.54, 1.807) is 0 Å². The van der Waals surface area contributed by atoms with Gasteiger partial charge in [0, 0.05) is 63.5 Å². The molecule has 0 aliphatic rings. The molecule has 0 saturated heterocycles. The smallest absolute Gasteiger partial charge is 0.0640 e. The first-order valence-corrected chi connectivity index (χ1v) is 19.2. The molecule has 0 spiro atoms. The number of benzene rings is 8. The maximum absolute atomic E-state index is 2.46. The second kappa shape index (κ2) is 11.7. The van der Waals surface area contributed by atoms with E-state index < -0.39 is 0 Å². The van der Waals surface area contributed by atoms with Crippen LogP contribution in [0.4, 0.5) is 17.1 Å². The molecule has 0 bridgehead atoms. The third-order valence-electron chi connectivity index (χ3n) is 10.4. The summed E-state index contributed by atoms with van der Waals surface area (Å²) < 4.78 is 7.64. The number of aromatic nitrogens is 1. The van der Waals surface area contributed by atoms with Crippen molar-refractivity contribution >= 4 is 102 Å². The van der Waals surface area contributed by atoms with Crippen LogP contribution in [0.3, 0.4) is 0 Å². The van der Waals surface area contributed by atoms with E-state index in [1.807, 2.05) is 22.7 Å². The minimum absolute atomic E-state index is 1.12. The predicted molar refractivity (Wildman–Crippen MR) is 227 cm³/mol. The van der Waals surface area contributed by atoms with Crippen molar-refractivity contribution < 1.29 is 0 Å². The summed E-state index contributed by atoms with van der Waals surface area (Å²) >= 11 is 3.74. The summed E-state index contributed by atoms with van der Waals surface area (Å²) in [7, 11) is 0. The number of hydrogen-bond acceptors (Lipinski definition) is 3. The molecule has 0 unspecified atom stereocenters. The fraction of sp³-hybridized carbons (Fsp3) is 0. The van der Waals surface area contributed by atoms with Crippen LogP contribution in [0.2, 0.25) is 0 Å². The standard InChI is InChI=1S/C48H30N2S2/c1-2-13-33(14-3-1)50-42-20-7-4-16-36(42)37-26-25-35(30-44(37)50)49(43-21-11-19-40-38-17-5-9-23-46(38)52-48(40)43)34-15-10-12-31(28-34)32-24-27-47-41(29-32)39-18-6-8-22-45(39)51-47/h1-30H. The van der Waals surface area contributed by atoms with Gasteiger partial charge in [-0.3, -0.25) is 0 Å². The van der Waals surface area contributed by atoms with E-state index in [2.05, 4.69) is 191 Å². The van der Waals surface area contributed by atoms with Crippen LogP contribution in [0, 0.1) is 0 Å². The average molecular weight is 699 g/mol. The van der Waals surface area contributed by atoms with Gasteiger partial charge in [-0.05, 0) is 83.9 Å². The first-order chi connectivity index (χ1) is 25.8. The van der Waals surface area contributed by atoms with Crippen molar-refractivity contribution in [3.8, 4) is 16.8 Å². The van der Waals surface area contributed by atoms with Crippen LogP contribution in [0.1, 0.15) is 0 Å². The molecule has 0 saturated carbocycles. The van der Waals surface area contributed by atoms with Gasteiger partial charge in [0.25, 0.3) is 0 Å². The highest BCUT2D eigenvalue weighted by Gasteiger charge is 2.21. The molecule has 0 radical (unpaired) electrons. The van der Waals surface area contributed by atoms with Crippen LogP contribution in [0.5, 0.6) is 0 Å². The molecule has 0 aliphatic heterocycles. The Balaban J connectivity index is 1.16. The second-order valence-electron chi connectivity index (χ2n) is 13.3. The van der Waals surface area contributed by atoms with E-state index >= 15 is 0 Å². The quantitative estimate of drug-likeness (QED) is 0.174. The zero-order valence-electron chi connectivity index (χ0n) is 28.0. The Kier molecular flexibility index (Phi) is 6.63. The van der Waals surface area contributed by atoms with E-state index in [0.29, 0.717) is 0 Å². The number of rotatable bonds is 5. The van der Waals surface area contributed by atoms with Crippen molar-refractivity contribution in [2.24, 2.45) is 0 Å². The molecule has 3 aromatic heterocycles. The molecule has 4 heteroatoms. The first-order valence-electron chi connectivity index (χ1n) is 17.6. The van der Waals surface area contributed by atoms with Gasteiger partial charge in [0.1, 0.15) is 0 Å². The molecule has 8 aromatic carbocycles. The van der Waals surface area contributed by atoms with Crippen molar-refractivity contribution in [3.63, 3.8) is 0 Å². The number of thiophene rings is 2. The fourth-order valence-corrected chi connectivity index (χ4v) is 10.3. The highest BCUT2D eigenvalue weighted by molar-refractivity contribution is 7.26. The summed E-state index contributed by atoms with van der Waals surface area (Å²) in [6, 6.07) is 66.7. The Labute approximate surface area is 308 Å². The van der Waals surface area contributed by atoms with E-state index in [4.69, 9.17) is 0 Å². The molecule has 0 fully saturated rings. The molecule has 244 valence electrons. The number of hydrogen-bond donors (Lipinski definition) is 0. The molecule has 0 amide bonds. The monoisotopic (exact) mass is 698 g/mol.